The number of nitrogen functional groups attached to an aromatic ring is 1. The highest BCUT2D eigenvalue weighted by atomic mass is 79.9. The predicted molar refractivity (Wildman–Crippen MR) is 68.8 cm³/mol. The first-order valence-electron chi connectivity index (χ1n) is 4.92. The lowest BCUT2D eigenvalue weighted by Crippen LogP contribution is -2.10. The molecule has 0 saturated carbocycles. The van der Waals surface area contributed by atoms with Crippen molar-refractivity contribution < 1.29 is 4.74 Å². The van der Waals surface area contributed by atoms with Crippen LogP contribution in [0.15, 0.2) is 34.9 Å². The number of nitrogens with zero attached hydrogens (tertiary/aromatic N) is 2. The van der Waals surface area contributed by atoms with E-state index in [0.29, 0.717) is 22.1 Å². The summed E-state index contributed by atoms with van der Waals surface area (Å²) in [6.45, 7) is 2.01. The van der Waals surface area contributed by atoms with Crippen LogP contribution in [0.3, 0.4) is 0 Å². The number of aryl methyl sites for hydroxylation is 1. The highest BCUT2D eigenvalue weighted by molar-refractivity contribution is 9.10. The zero-order chi connectivity index (χ0) is 12.3. The number of ether oxygens (including phenoxy) is 1. The number of hydrogen-bond acceptors (Lipinski definition) is 5. The summed E-state index contributed by atoms with van der Waals surface area (Å²) in [4.78, 5) is 8.03. The molecule has 17 heavy (non-hydrogen) atoms. The average Bonchev–Trinajstić information content (AvgIpc) is 2.35. The summed E-state index contributed by atoms with van der Waals surface area (Å²) in [6, 6.07) is 7.68. The zero-order valence-corrected chi connectivity index (χ0v) is 10.7. The molecule has 0 amide bonds. The van der Waals surface area contributed by atoms with Gasteiger partial charge in [0.15, 0.2) is 0 Å². The van der Waals surface area contributed by atoms with Crippen LogP contribution in [-0.2, 0) is 0 Å². The molecule has 0 aliphatic rings. The van der Waals surface area contributed by atoms with Crippen molar-refractivity contribution in [3.05, 3.63) is 40.5 Å². The number of rotatable bonds is 3. The molecule has 0 saturated heterocycles. The van der Waals surface area contributed by atoms with Crippen LogP contribution in [0.4, 0.5) is 5.95 Å². The third kappa shape index (κ3) is 2.92. The Balaban J connectivity index is 2.25. The van der Waals surface area contributed by atoms with Crippen molar-refractivity contribution in [3.63, 3.8) is 0 Å². The molecular weight excluding hydrogens is 284 g/mol. The molecule has 6 heteroatoms. The van der Waals surface area contributed by atoms with Gasteiger partial charge in [0.05, 0.1) is 10.7 Å². The van der Waals surface area contributed by atoms with Crippen LogP contribution in [0.2, 0.25) is 0 Å². The maximum Gasteiger partial charge on any atom is 0.240 e. The first-order valence-corrected chi connectivity index (χ1v) is 5.72. The number of halogens is 1. The van der Waals surface area contributed by atoms with E-state index in [9.17, 15) is 0 Å². The Bertz CT molecular complexity index is 515. The van der Waals surface area contributed by atoms with Crippen molar-refractivity contribution in [2.24, 2.45) is 5.84 Å². The monoisotopic (exact) mass is 294 g/mol. The van der Waals surface area contributed by atoms with Crippen LogP contribution < -0.4 is 16.0 Å². The zero-order valence-electron chi connectivity index (χ0n) is 9.14. The topological polar surface area (TPSA) is 73.1 Å². The molecule has 1 aromatic carbocycles. The Hall–Kier alpha value is -1.66. The second-order valence-electron chi connectivity index (χ2n) is 3.41. The minimum absolute atomic E-state index is 0.301. The normalized spacial score (nSPS) is 10.1. The first-order chi connectivity index (χ1) is 8.19. The summed E-state index contributed by atoms with van der Waals surface area (Å²) in [7, 11) is 0. The van der Waals surface area contributed by atoms with Gasteiger partial charge in [-0.05, 0) is 35.0 Å². The second-order valence-corrected chi connectivity index (χ2v) is 4.26. The molecule has 0 radical (unpaired) electrons. The molecular formula is C11H11BrN4O. The fourth-order valence-electron chi connectivity index (χ4n) is 1.21. The lowest BCUT2D eigenvalue weighted by atomic mass is 10.2. The van der Waals surface area contributed by atoms with Crippen molar-refractivity contribution in [1.29, 1.82) is 0 Å². The molecule has 1 heterocycles. The summed E-state index contributed by atoms with van der Waals surface area (Å²) in [5, 5.41) is 0. The SMILES string of the molecule is Cc1ccc(Oc2nc(NN)ncc2Br)cc1. The van der Waals surface area contributed by atoms with Gasteiger partial charge in [-0.3, -0.25) is 5.43 Å². The Morgan fingerprint density at radius 2 is 2.00 bits per heavy atom. The number of anilines is 1. The summed E-state index contributed by atoms with van der Waals surface area (Å²) in [5.41, 5.74) is 3.54. The van der Waals surface area contributed by atoms with E-state index in [1.165, 1.54) is 5.56 Å². The Morgan fingerprint density at radius 1 is 1.29 bits per heavy atom. The summed E-state index contributed by atoms with van der Waals surface area (Å²) in [5.74, 6) is 6.66. The molecule has 3 N–H and O–H groups in total. The first kappa shape index (κ1) is 11.8. The Morgan fingerprint density at radius 3 is 2.65 bits per heavy atom. The molecule has 0 bridgehead atoms. The molecule has 0 aliphatic carbocycles. The molecule has 5 nitrogen and oxygen atoms in total. The fraction of sp³-hybridized carbons (Fsp3) is 0.0909. The van der Waals surface area contributed by atoms with Crippen LogP contribution in [0.5, 0.6) is 11.6 Å². The lowest BCUT2D eigenvalue weighted by molar-refractivity contribution is 0.459. The van der Waals surface area contributed by atoms with Gasteiger partial charge in [-0.15, -0.1) is 0 Å². The van der Waals surface area contributed by atoms with Gasteiger partial charge in [-0.25, -0.2) is 10.8 Å². The largest absolute Gasteiger partial charge is 0.438 e. The number of hydrogen-bond donors (Lipinski definition) is 2. The smallest absolute Gasteiger partial charge is 0.240 e. The van der Waals surface area contributed by atoms with Crippen LogP contribution >= 0.6 is 15.9 Å². The third-order valence-electron chi connectivity index (χ3n) is 2.08. The van der Waals surface area contributed by atoms with Gasteiger partial charge in [0.2, 0.25) is 11.8 Å². The molecule has 88 valence electrons. The average molecular weight is 295 g/mol. The van der Waals surface area contributed by atoms with E-state index in [1.807, 2.05) is 31.2 Å². The van der Waals surface area contributed by atoms with Crippen LogP contribution in [-0.4, -0.2) is 9.97 Å². The molecule has 0 fully saturated rings. The highest BCUT2D eigenvalue weighted by Gasteiger charge is 2.06. The minimum atomic E-state index is 0.301. The van der Waals surface area contributed by atoms with E-state index < -0.39 is 0 Å². The summed E-state index contributed by atoms with van der Waals surface area (Å²) >= 11 is 3.31. The van der Waals surface area contributed by atoms with Crippen molar-refractivity contribution in [3.8, 4) is 11.6 Å². The van der Waals surface area contributed by atoms with E-state index >= 15 is 0 Å². The van der Waals surface area contributed by atoms with Crippen LogP contribution in [0.1, 0.15) is 5.56 Å². The molecule has 0 aliphatic heterocycles. The fourth-order valence-corrected chi connectivity index (χ4v) is 1.48. The number of aromatic nitrogens is 2. The van der Waals surface area contributed by atoms with Gasteiger partial charge in [0.1, 0.15) is 5.75 Å². The van der Waals surface area contributed by atoms with Gasteiger partial charge in [-0.1, -0.05) is 17.7 Å². The maximum absolute atomic E-state index is 5.61. The lowest BCUT2D eigenvalue weighted by Gasteiger charge is -2.07. The molecule has 2 rings (SSSR count). The summed E-state index contributed by atoms with van der Waals surface area (Å²) in [6.07, 6.45) is 1.58. The quantitative estimate of drug-likeness (QED) is 0.672. The van der Waals surface area contributed by atoms with E-state index in [0.717, 1.165) is 0 Å². The van der Waals surface area contributed by atoms with Crippen LogP contribution in [0.25, 0.3) is 0 Å². The van der Waals surface area contributed by atoms with Crippen molar-refractivity contribution in [1.82, 2.24) is 9.97 Å². The van der Waals surface area contributed by atoms with E-state index in [2.05, 4.69) is 31.3 Å². The van der Waals surface area contributed by atoms with E-state index in [-0.39, 0.29) is 0 Å². The van der Waals surface area contributed by atoms with Gasteiger partial charge in [0.25, 0.3) is 0 Å². The minimum Gasteiger partial charge on any atom is -0.438 e. The standard InChI is InChI=1S/C11H11BrN4O/c1-7-2-4-8(5-3-7)17-10-9(12)6-14-11(15-10)16-13/h2-6H,13H2,1H3,(H,14,15,16). The number of hydrazine groups is 1. The predicted octanol–water partition coefficient (Wildman–Crippen LogP) is 2.63. The van der Waals surface area contributed by atoms with Gasteiger partial charge >= 0.3 is 0 Å². The highest BCUT2D eigenvalue weighted by Crippen LogP contribution is 2.27. The van der Waals surface area contributed by atoms with E-state index in [1.54, 1.807) is 6.20 Å². The maximum atomic E-state index is 5.61. The molecule has 0 spiro atoms. The molecule has 0 atom stereocenters. The van der Waals surface area contributed by atoms with Gasteiger partial charge < -0.3 is 4.74 Å². The van der Waals surface area contributed by atoms with Crippen molar-refractivity contribution >= 4 is 21.9 Å². The van der Waals surface area contributed by atoms with Crippen molar-refractivity contribution in [2.75, 3.05) is 5.43 Å². The summed E-state index contributed by atoms with van der Waals surface area (Å²) < 4.78 is 6.28. The van der Waals surface area contributed by atoms with Crippen LogP contribution in [0, 0.1) is 6.92 Å². The Labute approximate surface area is 107 Å². The van der Waals surface area contributed by atoms with E-state index in [4.69, 9.17) is 10.6 Å². The molecule has 0 unspecified atom stereocenters. The van der Waals surface area contributed by atoms with Gasteiger partial charge in [-0.2, -0.15) is 4.98 Å². The number of benzene rings is 1. The second kappa shape index (κ2) is 5.11. The molecule has 2 aromatic rings. The number of nitrogens with one attached hydrogen (secondary N) is 1. The van der Waals surface area contributed by atoms with Crippen molar-refractivity contribution in [2.45, 2.75) is 6.92 Å². The molecule has 1 aromatic heterocycles. The third-order valence-corrected chi connectivity index (χ3v) is 2.62. The van der Waals surface area contributed by atoms with Gasteiger partial charge in [0, 0.05) is 0 Å². The number of nitrogens with two attached hydrogens (primary N) is 1. The Kier molecular flexibility index (Phi) is 3.55.